The SMILES string of the molecule is Cc1nc([C@@H](C)NC(=O)Cn2cnnn2)c(C)s1. The molecule has 7 nitrogen and oxygen atoms in total. The van der Waals surface area contributed by atoms with Gasteiger partial charge in [-0.05, 0) is 31.2 Å². The quantitative estimate of drug-likeness (QED) is 0.877. The number of amides is 1. The highest BCUT2D eigenvalue weighted by Gasteiger charge is 2.15. The van der Waals surface area contributed by atoms with Gasteiger partial charge in [-0.1, -0.05) is 0 Å². The van der Waals surface area contributed by atoms with Gasteiger partial charge in [-0.25, -0.2) is 9.67 Å². The molecule has 0 aliphatic carbocycles. The van der Waals surface area contributed by atoms with Gasteiger partial charge in [-0.2, -0.15) is 0 Å². The zero-order valence-corrected chi connectivity index (χ0v) is 11.2. The number of tetrazole rings is 1. The van der Waals surface area contributed by atoms with Gasteiger partial charge in [0.1, 0.15) is 12.9 Å². The van der Waals surface area contributed by atoms with E-state index in [0.717, 1.165) is 15.6 Å². The molecule has 1 N–H and O–H groups in total. The lowest BCUT2D eigenvalue weighted by Crippen LogP contribution is -2.30. The Bertz CT molecular complexity index is 535. The third-order valence-corrected chi connectivity index (χ3v) is 3.33. The van der Waals surface area contributed by atoms with Crippen LogP contribution in [0.25, 0.3) is 0 Å². The number of rotatable bonds is 4. The molecule has 0 bridgehead atoms. The van der Waals surface area contributed by atoms with E-state index >= 15 is 0 Å². The molecule has 8 heteroatoms. The predicted octanol–water partition coefficient (Wildman–Crippen LogP) is 0.624. The van der Waals surface area contributed by atoms with E-state index < -0.39 is 0 Å². The lowest BCUT2D eigenvalue weighted by atomic mass is 10.2. The van der Waals surface area contributed by atoms with Crippen molar-refractivity contribution in [3.05, 3.63) is 21.9 Å². The van der Waals surface area contributed by atoms with Crippen LogP contribution in [0.2, 0.25) is 0 Å². The van der Waals surface area contributed by atoms with Gasteiger partial charge in [0.2, 0.25) is 5.91 Å². The average molecular weight is 266 g/mol. The molecule has 2 rings (SSSR count). The maximum atomic E-state index is 11.8. The molecule has 1 atom stereocenters. The molecule has 0 saturated heterocycles. The molecule has 2 heterocycles. The molecule has 0 aromatic carbocycles. The van der Waals surface area contributed by atoms with E-state index in [-0.39, 0.29) is 18.5 Å². The van der Waals surface area contributed by atoms with Crippen LogP contribution in [0.1, 0.15) is 28.5 Å². The number of carbonyl (C=O) groups excluding carboxylic acids is 1. The Labute approximate surface area is 108 Å². The summed E-state index contributed by atoms with van der Waals surface area (Å²) in [5.41, 5.74) is 0.919. The van der Waals surface area contributed by atoms with Crippen molar-refractivity contribution >= 4 is 17.2 Å². The standard InChI is InChI=1S/C10H14N6OS/c1-6(10-7(2)18-8(3)13-10)12-9(17)4-16-5-11-14-15-16/h5-6H,4H2,1-3H3,(H,12,17)/t6-/m1/s1. The first-order valence-corrected chi connectivity index (χ1v) is 6.32. The second-order valence-corrected chi connectivity index (χ2v) is 5.38. The molecule has 0 aliphatic rings. The first kappa shape index (κ1) is 12.6. The highest BCUT2D eigenvalue weighted by Crippen LogP contribution is 2.22. The van der Waals surface area contributed by atoms with Crippen molar-refractivity contribution in [2.75, 3.05) is 0 Å². The first-order chi connectivity index (χ1) is 8.56. The normalized spacial score (nSPS) is 12.4. The van der Waals surface area contributed by atoms with Crippen LogP contribution < -0.4 is 5.32 Å². The molecule has 96 valence electrons. The lowest BCUT2D eigenvalue weighted by Gasteiger charge is -2.12. The third-order valence-electron chi connectivity index (χ3n) is 2.42. The van der Waals surface area contributed by atoms with E-state index in [1.54, 1.807) is 11.3 Å². The largest absolute Gasteiger partial charge is 0.346 e. The number of aryl methyl sites for hydroxylation is 2. The van der Waals surface area contributed by atoms with Gasteiger partial charge in [0.25, 0.3) is 0 Å². The Balaban J connectivity index is 1.97. The zero-order valence-electron chi connectivity index (χ0n) is 10.4. The Kier molecular flexibility index (Phi) is 3.66. The molecule has 2 aromatic heterocycles. The molecule has 0 unspecified atom stereocenters. The smallest absolute Gasteiger partial charge is 0.242 e. The molecule has 0 radical (unpaired) electrons. The van der Waals surface area contributed by atoms with E-state index in [9.17, 15) is 4.79 Å². The molecule has 1 amide bonds. The second kappa shape index (κ2) is 5.21. The molecule has 0 saturated carbocycles. The van der Waals surface area contributed by atoms with Crippen molar-refractivity contribution in [3.8, 4) is 0 Å². The van der Waals surface area contributed by atoms with Gasteiger partial charge in [0.05, 0.1) is 16.7 Å². The highest BCUT2D eigenvalue weighted by molar-refractivity contribution is 7.11. The molecule has 18 heavy (non-hydrogen) atoms. The number of aromatic nitrogens is 5. The summed E-state index contributed by atoms with van der Waals surface area (Å²) in [6.45, 7) is 5.99. The maximum absolute atomic E-state index is 11.8. The summed E-state index contributed by atoms with van der Waals surface area (Å²) in [4.78, 5) is 17.3. The summed E-state index contributed by atoms with van der Waals surface area (Å²) in [6, 6.07) is -0.112. The molecule has 0 spiro atoms. The van der Waals surface area contributed by atoms with E-state index in [4.69, 9.17) is 0 Å². The summed E-state index contributed by atoms with van der Waals surface area (Å²) in [5.74, 6) is -0.139. The minimum absolute atomic E-state index is 0.111. The van der Waals surface area contributed by atoms with Crippen LogP contribution in [0, 0.1) is 13.8 Å². The van der Waals surface area contributed by atoms with Crippen LogP contribution in [-0.4, -0.2) is 31.1 Å². The van der Waals surface area contributed by atoms with Crippen molar-refractivity contribution in [2.45, 2.75) is 33.4 Å². The third kappa shape index (κ3) is 2.89. The van der Waals surface area contributed by atoms with Crippen LogP contribution in [0.5, 0.6) is 0 Å². The van der Waals surface area contributed by atoms with Crippen molar-refractivity contribution in [1.82, 2.24) is 30.5 Å². The molecule has 0 fully saturated rings. The second-order valence-electron chi connectivity index (χ2n) is 3.97. The Hall–Kier alpha value is -1.83. The Morgan fingerprint density at radius 2 is 2.33 bits per heavy atom. The fourth-order valence-corrected chi connectivity index (χ4v) is 2.62. The van der Waals surface area contributed by atoms with Crippen LogP contribution in [-0.2, 0) is 11.3 Å². The fourth-order valence-electron chi connectivity index (χ4n) is 1.70. The first-order valence-electron chi connectivity index (χ1n) is 5.50. The van der Waals surface area contributed by atoms with Crippen molar-refractivity contribution in [3.63, 3.8) is 0 Å². The number of nitrogens with zero attached hydrogens (tertiary/aromatic N) is 5. The minimum Gasteiger partial charge on any atom is -0.346 e. The van der Waals surface area contributed by atoms with Gasteiger partial charge in [0.15, 0.2) is 0 Å². The summed E-state index contributed by atoms with van der Waals surface area (Å²) in [6.07, 6.45) is 1.41. The number of nitrogens with one attached hydrogen (secondary N) is 1. The summed E-state index contributed by atoms with van der Waals surface area (Å²) >= 11 is 1.63. The predicted molar refractivity (Wildman–Crippen MR) is 66.0 cm³/mol. The summed E-state index contributed by atoms with van der Waals surface area (Å²) < 4.78 is 1.38. The van der Waals surface area contributed by atoms with Crippen LogP contribution in [0.4, 0.5) is 0 Å². The maximum Gasteiger partial charge on any atom is 0.242 e. The molecule has 0 aliphatic heterocycles. The monoisotopic (exact) mass is 266 g/mol. The molecule has 2 aromatic rings. The highest BCUT2D eigenvalue weighted by atomic mass is 32.1. The lowest BCUT2D eigenvalue weighted by molar-refractivity contribution is -0.122. The van der Waals surface area contributed by atoms with E-state index in [1.807, 2.05) is 20.8 Å². The van der Waals surface area contributed by atoms with Crippen LogP contribution in [0.3, 0.4) is 0 Å². The van der Waals surface area contributed by atoms with Gasteiger partial charge < -0.3 is 5.32 Å². The van der Waals surface area contributed by atoms with E-state index in [1.165, 1.54) is 11.0 Å². The van der Waals surface area contributed by atoms with Gasteiger partial charge >= 0.3 is 0 Å². The summed E-state index contributed by atoms with van der Waals surface area (Å²) in [5, 5.41) is 14.5. The topological polar surface area (TPSA) is 85.6 Å². The fraction of sp³-hybridized carbons (Fsp3) is 0.500. The van der Waals surface area contributed by atoms with Crippen molar-refractivity contribution in [2.24, 2.45) is 0 Å². The van der Waals surface area contributed by atoms with Crippen LogP contribution >= 0.6 is 11.3 Å². The average Bonchev–Trinajstić information content (AvgIpc) is 2.88. The number of thiazole rings is 1. The van der Waals surface area contributed by atoms with Gasteiger partial charge in [-0.15, -0.1) is 16.4 Å². The molecular weight excluding hydrogens is 252 g/mol. The van der Waals surface area contributed by atoms with Gasteiger partial charge in [-0.3, -0.25) is 4.79 Å². The number of hydrogen-bond donors (Lipinski definition) is 1. The zero-order chi connectivity index (χ0) is 13.1. The van der Waals surface area contributed by atoms with Gasteiger partial charge in [0, 0.05) is 4.88 Å². The Morgan fingerprint density at radius 3 is 2.89 bits per heavy atom. The molecular formula is C10H14N6OS. The van der Waals surface area contributed by atoms with Crippen molar-refractivity contribution in [1.29, 1.82) is 0 Å². The number of hydrogen-bond acceptors (Lipinski definition) is 6. The van der Waals surface area contributed by atoms with Crippen LogP contribution in [0.15, 0.2) is 6.33 Å². The van der Waals surface area contributed by atoms with E-state index in [2.05, 4.69) is 25.8 Å². The van der Waals surface area contributed by atoms with E-state index in [0.29, 0.717) is 0 Å². The number of carbonyl (C=O) groups is 1. The summed E-state index contributed by atoms with van der Waals surface area (Å²) in [7, 11) is 0. The Morgan fingerprint density at radius 1 is 1.56 bits per heavy atom. The minimum atomic E-state index is -0.139. The van der Waals surface area contributed by atoms with Crippen molar-refractivity contribution < 1.29 is 4.79 Å².